The van der Waals surface area contributed by atoms with Crippen LogP contribution in [0.15, 0.2) is 0 Å². The molecule has 0 aromatic rings. The van der Waals surface area contributed by atoms with Crippen molar-refractivity contribution in [3.8, 4) is 0 Å². The molecule has 0 amide bonds. The smallest absolute Gasteiger partial charge is 0.0841 e. The third-order valence-electron chi connectivity index (χ3n) is 4.34. The van der Waals surface area contributed by atoms with Crippen LogP contribution in [0.1, 0.15) is 52.9 Å². The fraction of sp³-hybridized carbons (Fsp3) is 1.00. The van der Waals surface area contributed by atoms with Crippen molar-refractivity contribution >= 4 is 0 Å². The second-order valence-corrected chi connectivity index (χ2v) is 6.23. The van der Waals surface area contributed by atoms with Gasteiger partial charge in [0.05, 0.1) is 18.3 Å². The molecule has 2 heteroatoms. The standard InChI is InChI=1S/C14H26O2/c1-9-6-10(2)8-12(7-9)14(15)13-5-4-11(3)16-13/h9-15H,4-8H2,1-3H3. The molecule has 1 aliphatic heterocycles. The second kappa shape index (κ2) is 5.05. The maximum atomic E-state index is 10.4. The fourth-order valence-corrected chi connectivity index (χ4v) is 3.68. The van der Waals surface area contributed by atoms with Crippen molar-refractivity contribution in [3.63, 3.8) is 0 Å². The van der Waals surface area contributed by atoms with Gasteiger partial charge in [-0.1, -0.05) is 13.8 Å². The van der Waals surface area contributed by atoms with Crippen molar-refractivity contribution in [1.29, 1.82) is 0 Å². The monoisotopic (exact) mass is 226 g/mol. The highest BCUT2D eigenvalue weighted by Gasteiger charge is 2.36. The van der Waals surface area contributed by atoms with Crippen molar-refractivity contribution in [2.45, 2.75) is 71.2 Å². The maximum absolute atomic E-state index is 10.4. The molecule has 0 bridgehead atoms. The van der Waals surface area contributed by atoms with E-state index in [4.69, 9.17) is 4.74 Å². The van der Waals surface area contributed by atoms with E-state index in [9.17, 15) is 5.11 Å². The molecular weight excluding hydrogens is 200 g/mol. The van der Waals surface area contributed by atoms with Gasteiger partial charge in [0, 0.05) is 0 Å². The van der Waals surface area contributed by atoms with Gasteiger partial charge in [0.1, 0.15) is 0 Å². The number of ether oxygens (including phenoxy) is 1. The summed E-state index contributed by atoms with van der Waals surface area (Å²) in [5, 5.41) is 10.4. The Morgan fingerprint density at radius 2 is 1.62 bits per heavy atom. The molecule has 2 aliphatic rings. The van der Waals surface area contributed by atoms with Gasteiger partial charge in [-0.2, -0.15) is 0 Å². The lowest BCUT2D eigenvalue weighted by molar-refractivity contribution is -0.0672. The second-order valence-electron chi connectivity index (χ2n) is 6.23. The Morgan fingerprint density at radius 1 is 1.00 bits per heavy atom. The third kappa shape index (κ3) is 2.78. The molecular formula is C14H26O2. The fourth-order valence-electron chi connectivity index (χ4n) is 3.68. The lowest BCUT2D eigenvalue weighted by Gasteiger charge is -2.36. The van der Waals surface area contributed by atoms with Crippen LogP contribution in [0.25, 0.3) is 0 Å². The average molecular weight is 226 g/mol. The molecule has 5 atom stereocenters. The molecule has 16 heavy (non-hydrogen) atoms. The highest BCUT2D eigenvalue weighted by atomic mass is 16.5. The van der Waals surface area contributed by atoms with Crippen LogP contribution in [0.3, 0.4) is 0 Å². The molecule has 1 aliphatic carbocycles. The Balaban J connectivity index is 1.90. The average Bonchev–Trinajstić information content (AvgIpc) is 2.62. The van der Waals surface area contributed by atoms with Crippen LogP contribution >= 0.6 is 0 Å². The van der Waals surface area contributed by atoms with E-state index in [-0.39, 0.29) is 12.2 Å². The molecule has 0 aromatic heterocycles. The first-order valence-electron chi connectivity index (χ1n) is 6.89. The normalized spacial score (nSPS) is 46.9. The first kappa shape index (κ1) is 12.4. The Morgan fingerprint density at radius 3 is 2.12 bits per heavy atom. The van der Waals surface area contributed by atoms with E-state index < -0.39 is 0 Å². The van der Waals surface area contributed by atoms with Gasteiger partial charge in [-0.15, -0.1) is 0 Å². The van der Waals surface area contributed by atoms with Gasteiger partial charge < -0.3 is 9.84 Å². The minimum atomic E-state index is -0.227. The van der Waals surface area contributed by atoms with Gasteiger partial charge in [-0.25, -0.2) is 0 Å². The van der Waals surface area contributed by atoms with Gasteiger partial charge in [0.25, 0.3) is 0 Å². The van der Waals surface area contributed by atoms with E-state index in [0.717, 1.165) is 24.7 Å². The van der Waals surface area contributed by atoms with Crippen molar-refractivity contribution in [3.05, 3.63) is 0 Å². The van der Waals surface area contributed by atoms with Crippen LogP contribution in [0.5, 0.6) is 0 Å². The van der Waals surface area contributed by atoms with Crippen molar-refractivity contribution in [1.82, 2.24) is 0 Å². The first-order chi connectivity index (χ1) is 7.56. The van der Waals surface area contributed by atoms with Crippen LogP contribution in [-0.4, -0.2) is 23.4 Å². The Kier molecular flexibility index (Phi) is 3.91. The predicted molar refractivity (Wildman–Crippen MR) is 65.2 cm³/mol. The highest BCUT2D eigenvalue weighted by molar-refractivity contribution is 4.86. The van der Waals surface area contributed by atoms with Gasteiger partial charge in [-0.3, -0.25) is 0 Å². The summed E-state index contributed by atoms with van der Waals surface area (Å²) in [5.41, 5.74) is 0. The number of aliphatic hydroxyl groups is 1. The van der Waals surface area contributed by atoms with Gasteiger partial charge in [-0.05, 0) is 56.8 Å². The number of hydrogen-bond acceptors (Lipinski definition) is 2. The topological polar surface area (TPSA) is 29.5 Å². The van der Waals surface area contributed by atoms with Crippen LogP contribution in [-0.2, 0) is 4.74 Å². The molecule has 1 heterocycles. The zero-order valence-electron chi connectivity index (χ0n) is 10.9. The van der Waals surface area contributed by atoms with Gasteiger partial charge in [0.2, 0.25) is 0 Å². The summed E-state index contributed by atoms with van der Waals surface area (Å²) in [4.78, 5) is 0. The van der Waals surface area contributed by atoms with Gasteiger partial charge >= 0.3 is 0 Å². The number of aliphatic hydroxyl groups excluding tert-OH is 1. The van der Waals surface area contributed by atoms with E-state index in [0.29, 0.717) is 12.0 Å². The molecule has 94 valence electrons. The summed E-state index contributed by atoms with van der Waals surface area (Å²) in [6.45, 7) is 6.74. The van der Waals surface area contributed by atoms with Crippen molar-refractivity contribution < 1.29 is 9.84 Å². The minimum Gasteiger partial charge on any atom is -0.390 e. The van der Waals surface area contributed by atoms with E-state index in [1.54, 1.807) is 0 Å². The molecule has 0 radical (unpaired) electrons. The molecule has 2 fully saturated rings. The molecule has 1 saturated heterocycles. The van der Waals surface area contributed by atoms with Crippen LogP contribution < -0.4 is 0 Å². The summed E-state index contributed by atoms with van der Waals surface area (Å²) in [5.74, 6) is 2.00. The van der Waals surface area contributed by atoms with Crippen LogP contribution in [0.2, 0.25) is 0 Å². The molecule has 2 rings (SSSR count). The molecule has 0 spiro atoms. The Hall–Kier alpha value is -0.0800. The van der Waals surface area contributed by atoms with Crippen molar-refractivity contribution in [2.24, 2.45) is 17.8 Å². The maximum Gasteiger partial charge on any atom is 0.0841 e. The molecule has 1 N–H and O–H groups in total. The summed E-state index contributed by atoms with van der Waals surface area (Å²) in [6.07, 6.45) is 6.07. The minimum absolute atomic E-state index is 0.109. The molecule has 2 nitrogen and oxygen atoms in total. The van der Waals surface area contributed by atoms with E-state index in [1.807, 2.05) is 0 Å². The number of hydrogen-bond donors (Lipinski definition) is 1. The quantitative estimate of drug-likeness (QED) is 0.784. The van der Waals surface area contributed by atoms with E-state index in [1.165, 1.54) is 19.3 Å². The van der Waals surface area contributed by atoms with Gasteiger partial charge in [0.15, 0.2) is 0 Å². The Bertz CT molecular complexity index is 219. The zero-order valence-corrected chi connectivity index (χ0v) is 10.9. The first-order valence-corrected chi connectivity index (χ1v) is 6.89. The summed E-state index contributed by atoms with van der Waals surface area (Å²) >= 11 is 0. The SMILES string of the molecule is CC1CC(C)CC(C(O)C2CCC(C)O2)C1. The lowest BCUT2D eigenvalue weighted by atomic mass is 9.73. The highest BCUT2D eigenvalue weighted by Crippen LogP contribution is 2.37. The molecule has 5 unspecified atom stereocenters. The summed E-state index contributed by atoms with van der Waals surface area (Å²) < 4.78 is 5.80. The largest absolute Gasteiger partial charge is 0.390 e. The zero-order chi connectivity index (χ0) is 11.7. The predicted octanol–water partition coefficient (Wildman–Crippen LogP) is 2.99. The van der Waals surface area contributed by atoms with E-state index in [2.05, 4.69) is 20.8 Å². The van der Waals surface area contributed by atoms with E-state index >= 15 is 0 Å². The molecule has 0 aromatic carbocycles. The lowest BCUT2D eigenvalue weighted by Crippen LogP contribution is -2.37. The summed E-state index contributed by atoms with van der Waals surface area (Å²) in [7, 11) is 0. The van der Waals surface area contributed by atoms with Crippen molar-refractivity contribution in [2.75, 3.05) is 0 Å². The third-order valence-corrected chi connectivity index (χ3v) is 4.34. The number of rotatable bonds is 2. The van der Waals surface area contributed by atoms with Crippen LogP contribution in [0, 0.1) is 17.8 Å². The van der Waals surface area contributed by atoms with Crippen LogP contribution in [0.4, 0.5) is 0 Å². The summed E-state index contributed by atoms with van der Waals surface area (Å²) in [6, 6.07) is 0. The Labute approximate surface area is 99.4 Å². The molecule has 1 saturated carbocycles.